The molecule has 2 aliphatic rings. The number of likely N-dealkylation sites (N-methyl/N-ethyl adjacent to an activating group) is 1. The van der Waals surface area contributed by atoms with Gasteiger partial charge in [-0.25, -0.2) is 4.79 Å². The van der Waals surface area contributed by atoms with E-state index in [-0.39, 0.29) is 26.1 Å². The first-order valence-electron chi connectivity index (χ1n) is 6.10. The SMILES string of the molecule is CN(C(=O)NC1(C(F)(F)F)CC1)C1COCC1C(=O)O. The van der Waals surface area contributed by atoms with Crippen LogP contribution < -0.4 is 5.32 Å². The molecule has 2 unspecified atom stereocenters. The van der Waals surface area contributed by atoms with Gasteiger partial charge >= 0.3 is 18.2 Å². The molecule has 2 fully saturated rings. The van der Waals surface area contributed by atoms with Gasteiger partial charge in [-0.05, 0) is 12.8 Å². The van der Waals surface area contributed by atoms with E-state index in [2.05, 4.69) is 0 Å². The summed E-state index contributed by atoms with van der Waals surface area (Å²) in [6.07, 6.45) is -4.80. The van der Waals surface area contributed by atoms with Crippen molar-refractivity contribution in [2.75, 3.05) is 20.3 Å². The van der Waals surface area contributed by atoms with Crippen molar-refractivity contribution in [2.24, 2.45) is 5.92 Å². The number of hydrogen-bond acceptors (Lipinski definition) is 3. The number of nitrogens with zero attached hydrogens (tertiary/aromatic N) is 1. The van der Waals surface area contributed by atoms with Crippen molar-refractivity contribution in [1.29, 1.82) is 0 Å². The molecule has 1 heterocycles. The molecular weight excluding hydrogens is 281 g/mol. The summed E-state index contributed by atoms with van der Waals surface area (Å²) < 4.78 is 43.2. The molecule has 0 radical (unpaired) electrons. The van der Waals surface area contributed by atoms with Crippen molar-refractivity contribution in [3.63, 3.8) is 0 Å². The molecule has 2 rings (SSSR count). The smallest absolute Gasteiger partial charge is 0.411 e. The van der Waals surface area contributed by atoms with Gasteiger partial charge < -0.3 is 20.1 Å². The molecule has 20 heavy (non-hydrogen) atoms. The maximum Gasteiger partial charge on any atom is 0.411 e. The Morgan fingerprint density at radius 2 is 1.95 bits per heavy atom. The largest absolute Gasteiger partial charge is 0.481 e. The zero-order chi connectivity index (χ0) is 15.1. The summed E-state index contributed by atoms with van der Waals surface area (Å²) in [6, 6.07) is -1.70. The van der Waals surface area contributed by atoms with E-state index in [1.54, 1.807) is 0 Å². The minimum Gasteiger partial charge on any atom is -0.481 e. The fourth-order valence-electron chi connectivity index (χ4n) is 2.21. The van der Waals surface area contributed by atoms with Gasteiger partial charge in [0, 0.05) is 7.05 Å². The number of amides is 2. The van der Waals surface area contributed by atoms with Crippen LogP contribution >= 0.6 is 0 Å². The first-order valence-corrected chi connectivity index (χ1v) is 6.10. The highest BCUT2D eigenvalue weighted by atomic mass is 19.4. The summed E-state index contributed by atoms with van der Waals surface area (Å²) in [4.78, 5) is 23.8. The quantitative estimate of drug-likeness (QED) is 0.808. The Kier molecular flexibility index (Phi) is 3.57. The number of carbonyl (C=O) groups excluding carboxylic acids is 1. The van der Waals surface area contributed by atoms with Crippen LogP contribution in [-0.2, 0) is 9.53 Å². The van der Waals surface area contributed by atoms with Crippen LogP contribution in [0.4, 0.5) is 18.0 Å². The van der Waals surface area contributed by atoms with Gasteiger partial charge in [0.05, 0.1) is 19.3 Å². The second-order valence-electron chi connectivity index (χ2n) is 5.17. The first kappa shape index (κ1) is 14.9. The number of urea groups is 1. The molecule has 0 spiro atoms. The second kappa shape index (κ2) is 4.80. The van der Waals surface area contributed by atoms with Crippen molar-refractivity contribution in [1.82, 2.24) is 10.2 Å². The van der Waals surface area contributed by atoms with Crippen LogP contribution in [0.3, 0.4) is 0 Å². The van der Waals surface area contributed by atoms with Crippen LogP contribution in [-0.4, -0.2) is 60.0 Å². The molecular formula is C11H15F3N2O4. The Hall–Kier alpha value is -1.51. The van der Waals surface area contributed by atoms with E-state index < -0.39 is 35.7 Å². The predicted molar refractivity (Wildman–Crippen MR) is 60.0 cm³/mol. The van der Waals surface area contributed by atoms with E-state index in [1.807, 2.05) is 5.32 Å². The van der Waals surface area contributed by atoms with Crippen molar-refractivity contribution in [2.45, 2.75) is 30.6 Å². The molecule has 2 amide bonds. The highest BCUT2D eigenvalue weighted by molar-refractivity contribution is 5.78. The van der Waals surface area contributed by atoms with Crippen LogP contribution in [0.2, 0.25) is 0 Å². The fraction of sp³-hybridized carbons (Fsp3) is 0.818. The van der Waals surface area contributed by atoms with Gasteiger partial charge in [0.15, 0.2) is 0 Å². The minimum atomic E-state index is -4.50. The Morgan fingerprint density at radius 3 is 2.40 bits per heavy atom. The second-order valence-corrected chi connectivity index (χ2v) is 5.17. The molecule has 0 aromatic heterocycles. The van der Waals surface area contributed by atoms with E-state index in [9.17, 15) is 22.8 Å². The average molecular weight is 296 g/mol. The lowest BCUT2D eigenvalue weighted by Crippen LogP contribution is -2.55. The van der Waals surface area contributed by atoms with Gasteiger partial charge in [0.25, 0.3) is 0 Å². The van der Waals surface area contributed by atoms with Gasteiger partial charge in [-0.3, -0.25) is 4.79 Å². The standard InChI is InChI=1S/C11H15F3N2O4/c1-16(7-5-20-4-6(7)8(17)18)9(19)15-10(2-3-10)11(12,13)14/h6-7H,2-5H2,1H3,(H,15,19)(H,17,18). The molecule has 114 valence electrons. The molecule has 9 heteroatoms. The van der Waals surface area contributed by atoms with E-state index in [1.165, 1.54) is 7.05 Å². The van der Waals surface area contributed by atoms with Crippen LogP contribution in [0.5, 0.6) is 0 Å². The number of carboxylic acid groups (broad SMARTS) is 1. The molecule has 6 nitrogen and oxygen atoms in total. The van der Waals surface area contributed by atoms with Gasteiger partial charge in [0.2, 0.25) is 0 Å². The lowest BCUT2D eigenvalue weighted by molar-refractivity contribution is -0.163. The summed E-state index contributed by atoms with van der Waals surface area (Å²) >= 11 is 0. The lowest BCUT2D eigenvalue weighted by Gasteiger charge is -2.29. The minimum absolute atomic E-state index is 0.0000947. The number of aliphatic carboxylic acids is 1. The zero-order valence-electron chi connectivity index (χ0n) is 10.7. The first-order chi connectivity index (χ1) is 9.18. The monoisotopic (exact) mass is 296 g/mol. The summed E-state index contributed by atoms with van der Waals surface area (Å²) in [7, 11) is 1.27. The highest BCUT2D eigenvalue weighted by Gasteiger charge is 2.64. The molecule has 2 N–H and O–H groups in total. The fourth-order valence-corrected chi connectivity index (χ4v) is 2.21. The molecule has 1 aliphatic heterocycles. The number of carbonyl (C=O) groups is 2. The van der Waals surface area contributed by atoms with Crippen molar-refractivity contribution < 1.29 is 32.6 Å². The molecule has 0 aromatic carbocycles. The van der Waals surface area contributed by atoms with Crippen LogP contribution in [0.1, 0.15) is 12.8 Å². The Bertz CT molecular complexity index is 422. The van der Waals surface area contributed by atoms with Gasteiger partial charge in [-0.1, -0.05) is 0 Å². The summed E-state index contributed by atoms with van der Waals surface area (Å²) in [6.45, 7) is -0.0536. The third-order valence-corrected chi connectivity index (χ3v) is 3.82. The lowest BCUT2D eigenvalue weighted by atomic mass is 10.0. The average Bonchev–Trinajstić information content (AvgIpc) is 2.95. The Balaban J connectivity index is 2.01. The number of alkyl halides is 3. The third-order valence-electron chi connectivity index (χ3n) is 3.82. The number of halogens is 3. The summed E-state index contributed by atoms with van der Waals surface area (Å²) in [5.41, 5.74) is -2.16. The molecule has 1 aliphatic carbocycles. The highest BCUT2D eigenvalue weighted by Crippen LogP contribution is 2.49. The molecule has 0 bridgehead atoms. The number of ether oxygens (including phenoxy) is 1. The molecule has 0 aromatic rings. The molecule has 1 saturated carbocycles. The maximum atomic E-state index is 12.7. The predicted octanol–water partition coefficient (Wildman–Crippen LogP) is 0.822. The summed E-state index contributed by atoms with van der Waals surface area (Å²) in [5, 5.41) is 10.9. The number of hydrogen-bond donors (Lipinski definition) is 2. The summed E-state index contributed by atoms with van der Waals surface area (Å²) in [5.74, 6) is -2.06. The Morgan fingerprint density at radius 1 is 1.35 bits per heavy atom. The zero-order valence-corrected chi connectivity index (χ0v) is 10.7. The van der Waals surface area contributed by atoms with E-state index in [0.717, 1.165) is 4.90 Å². The Labute approximate surface area is 112 Å². The third kappa shape index (κ3) is 2.54. The van der Waals surface area contributed by atoms with Crippen LogP contribution in [0.15, 0.2) is 0 Å². The van der Waals surface area contributed by atoms with Crippen LogP contribution in [0, 0.1) is 5.92 Å². The molecule has 2 atom stereocenters. The molecule has 1 saturated heterocycles. The normalized spacial score (nSPS) is 28.0. The topological polar surface area (TPSA) is 78.9 Å². The van der Waals surface area contributed by atoms with Crippen molar-refractivity contribution >= 4 is 12.0 Å². The van der Waals surface area contributed by atoms with E-state index in [4.69, 9.17) is 9.84 Å². The van der Waals surface area contributed by atoms with Crippen molar-refractivity contribution in [3.05, 3.63) is 0 Å². The van der Waals surface area contributed by atoms with E-state index in [0.29, 0.717) is 0 Å². The number of carboxylic acids is 1. The number of rotatable bonds is 3. The van der Waals surface area contributed by atoms with Gasteiger partial charge in [-0.2, -0.15) is 13.2 Å². The van der Waals surface area contributed by atoms with Gasteiger partial charge in [-0.15, -0.1) is 0 Å². The maximum absolute atomic E-state index is 12.7. The van der Waals surface area contributed by atoms with Crippen molar-refractivity contribution in [3.8, 4) is 0 Å². The van der Waals surface area contributed by atoms with Gasteiger partial charge in [0.1, 0.15) is 11.5 Å². The number of nitrogens with one attached hydrogen (secondary N) is 1. The van der Waals surface area contributed by atoms with Crippen LogP contribution in [0.25, 0.3) is 0 Å². The van der Waals surface area contributed by atoms with E-state index >= 15 is 0 Å².